The molecular weight excluding hydrogens is 288 g/mol. The van der Waals surface area contributed by atoms with E-state index in [0.717, 1.165) is 5.56 Å². The number of amides is 1. The standard InChI is InChI=1S/C19H20N2O2/c1-14-8-10-15(11-9-14)19(23)20-17-7-5-4-6-16(17)18(22)12-13-21(2)3/h4-13H,1-3H3,(H,20,23)/b13-12+. The molecule has 0 saturated heterocycles. The number of ketones is 1. The van der Waals surface area contributed by atoms with Crippen molar-refractivity contribution in [3.8, 4) is 0 Å². The van der Waals surface area contributed by atoms with Crippen LogP contribution in [0.3, 0.4) is 0 Å². The van der Waals surface area contributed by atoms with Crippen molar-refractivity contribution in [1.29, 1.82) is 0 Å². The van der Waals surface area contributed by atoms with Crippen molar-refractivity contribution in [2.75, 3.05) is 19.4 Å². The number of para-hydroxylation sites is 1. The highest BCUT2D eigenvalue weighted by atomic mass is 16.1. The summed E-state index contributed by atoms with van der Waals surface area (Å²) in [5, 5.41) is 2.81. The van der Waals surface area contributed by atoms with Gasteiger partial charge < -0.3 is 10.2 Å². The fourth-order valence-electron chi connectivity index (χ4n) is 2.01. The third-order valence-electron chi connectivity index (χ3n) is 3.28. The highest BCUT2D eigenvalue weighted by Gasteiger charge is 2.12. The highest BCUT2D eigenvalue weighted by molar-refractivity contribution is 6.12. The zero-order valence-electron chi connectivity index (χ0n) is 13.5. The number of hydrogen-bond acceptors (Lipinski definition) is 3. The van der Waals surface area contributed by atoms with Gasteiger partial charge in [0.2, 0.25) is 0 Å². The molecule has 0 aliphatic carbocycles. The van der Waals surface area contributed by atoms with Crippen LogP contribution in [0.2, 0.25) is 0 Å². The summed E-state index contributed by atoms with van der Waals surface area (Å²) in [5.41, 5.74) is 2.62. The smallest absolute Gasteiger partial charge is 0.255 e. The zero-order chi connectivity index (χ0) is 16.8. The fraction of sp³-hybridized carbons (Fsp3) is 0.158. The first-order valence-electron chi connectivity index (χ1n) is 7.33. The van der Waals surface area contributed by atoms with Crippen molar-refractivity contribution in [2.45, 2.75) is 6.92 Å². The molecule has 2 aromatic carbocycles. The fourth-order valence-corrected chi connectivity index (χ4v) is 2.01. The molecule has 2 rings (SSSR count). The van der Waals surface area contributed by atoms with Crippen molar-refractivity contribution < 1.29 is 9.59 Å². The Morgan fingerprint density at radius 3 is 2.30 bits per heavy atom. The van der Waals surface area contributed by atoms with Gasteiger partial charge in [0.15, 0.2) is 5.78 Å². The molecule has 0 radical (unpaired) electrons. The second kappa shape index (κ2) is 7.40. The lowest BCUT2D eigenvalue weighted by atomic mass is 10.1. The third kappa shape index (κ3) is 4.54. The molecule has 0 saturated carbocycles. The Balaban J connectivity index is 2.22. The van der Waals surface area contributed by atoms with Crippen LogP contribution in [0, 0.1) is 6.92 Å². The topological polar surface area (TPSA) is 49.4 Å². The first-order chi connectivity index (χ1) is 11.0. The van der Waals surface area contributed by atoms with E-state index in [0.29, 0.717) is 16.8 Å². The number of carbonyl (C=O) groups excluding carboxylic acids is 2. The molecule has 2 aromatic rings. The van der Waals surface area contributed by atoms with E-state index in [1.165, 1.54) is 6.08 Å². The Bertz CT molecular complexity index is 731. The molecule has 0 bridgehead atoms. The van der Waals surface area contributed by atoms with Crippen LogP contribution in [0.5, 0.6) is 0 Å². The molecule has 0 spiro atoms. The molecule has 1 N–H and O–H groups in total. The number of rotatable bonds is 5. The number of carbonyl (C=O) groups is 2. The lowest BCUT2D eigenvalue weighted by Crippen LogP contribution is -2.14. The summed E-state index contributed by atoms with van der Waals surface area (Å²) in [6, 6.07) is 14.3. The Labute approximate surface area is 136 Å². The number of aryl methyl sites for hydroxylation is 1. The molecule has 0 aliphatic heterocycles. The largest absolute Gasteiger partial charge is 0.383 e. The Kier molecular flexibility index (Phi) is 5.31. The van der Waals surface area contributed by atoms with Gasteiger partial charge in [0.05, 0.1) is 5.69 Å². The van der Waals surface area contributed by atoms with Crippen LogP contribution in [0.15, 0.2) is 60.8 Å². The van der Waals surface area contributed by atoms with E-state index < -0.39 is 0 Å². The molecule has 1 amide bonds. The van der Waals surface area contributed by atoms with Crippen LogP contribution in [0.1, 0.15) is 26.3 Å². The lowest BCUT2D eigenvalue weighted by molar-refractivity contribution is 0.102. The van der Waals surface area contributed by atoms with Gasteiger partial charge in [-0.15, -0.1) is 0 Å². The number of benzene rings is 2. The third-order valence-corrected chi connectivity index (χ3v) is 3.28. The van der Waals surface area contributed by atoms with Crippen molar-refractivity contribution in [1.82, 2.24) is 4.90 Å². The summed E-state index contributed by atoms with van der Waals surface area (Å²) in [6.45, 7) is 1.97. The van der Waals surface area contributed by atoms with Crippen LogP contribution in [-0.4, -0.2) is 30.7 Å². The molecule has 0 atom stereocenters. The minimum Gasteiger partial charge on any atom is -0.383 e. The molecule has 118 valence electrons. The van der Waals surface area contributed by atoms with Crippen LogP contribution in [-0.2, 0) is 0 Å². The molecule has 0 aromatic heterocycles. The van der Waals surface area contributed by atoms with Gasteiger partial charge in [0.1, 0.15) is 0 Å². The van der Waals surface area contributed by atoms with Crippen molar-refractivity contribution in [3.63, 3.8) is 0 Å². The second-order valence-electron chi connectivity index (χ2n) is 5.51. The highest BCUT2D eigenvalue weighted by Crippen LogP contribution is 2.17. The van der Waals surface area contributed by atoms with Crippen molar-refractivity contribution in [2.24, 2.45) is 0 Å². The average Bonchev–Trinajstić information content (AvgIpc) is 2.53. The first kappa shape index (κ1) is 16.5. The van der Waals surface area contributed by atoms with Crippen LogP contribution in [0.25, 0.3) is 0 Å². The molecule has 4 nitrogen and oxygen atoms in total. The lowest BCUT2D eigenvalue weighted by Gasteiger charge is -2.10. The summed E-state index contributed by atoms with van der Waals surface area (Å²) in [4.78, 5) is 26.4. The van der Waals surface area contributed by atoms with Gasteiger partial charge in [0.25, 0.3) is 5.91 Å². The molecule has 0 heterocycles. The molecule has 0 aliphatic rings. The maximum atomic E-state index is 12.3. The molecular formula is C19H20N2O2. The second-order valence-corrected chi connectivity index (χ2v) is 5.51. The van der Waals surface area contributed by atoms with Gasteiger partial charge in [0, 0.05) is 37.5 Å². The zero-order valence-corrected chi connectivity index (χ0v) is 13.5. The summed E-state index contributed by atoms with van der Waals surface area (Å²) in [5.74, 6) is -0.389. The van der Waals surface area contributed by atoms with Crippen LogP contribution >= 0.6 is 0 Å². The van der Waals surface area contributed by atoms with Gasteiger partial charge in [-0.05, 0) is 31.2 Å². The van der Waals surface area contributed by atoms with Crippen molar-refractivity contribution >= 4 is 17.4 Å². The summed E-state index contributed by atoms with van der Waals surface area (Å²) in [6.07, 6.45) is 3.16. The number of allylic oxidation sites excluding steroid dienone is 1. The molecule has 0 unspecified atom stereocenters. The van der Waals surface area contributed by atoms with Gasteiger partial charge in [-0.3, -0.25) is 9.59 Å². The predicted molar refractivity (Wildman–Crippen MR) is 92.7 cm³/mol. The van der Waals surface area contributed by atoms with Crippen molar-refractivity contribution in [3.05, 3.63) is 77.5 Å². The number of anilines is 1. The quantitative estimate of drug-likeness (QED) is 0.679. The Hall–Kier alpha value is -2.88. The first-order valence-corrected chi connectivity index (χ1v) is 7.33. The number of nitrogens with zero attached hydrogens (tertiary/aromatic N) is 1. The predicted octanol–water partition coefficient (Wildman–Crippen LogP) is 3.51. The van der Waals surface area contributed by atoms with Gasteiger partial charge >= 0.3 is 0 Å². The summed E-state index contributed by atoms with van der Waals surface area (Å²) in [7, 11) is 3.68. The van der Waals surface area contributed by atoms with E-state index in [1.807, 2.05) is 33.2 Å². The molecule has 23 heavy (non-hydrogen) atoms. The van der Waals surface area contributed by atoms with E-state index in [-0.39, 0.29) is 11.7 Å². The Morgan fingerprint density at radius 1 is 1.00 bits per heavy atom. The van der Waals surface area contributed by atoms with E-state index in [4.69, 9.17) is 0 Å². The minimum absolute atomic E-state index is 0.154. The number of hydrogen-bond donors (Lipinski definition) is 1. The maximum absolute atomic E-state index is 12.3. The maximum Gasteiger partial charge on any atom is 0.255 e. The average molecular weight is 308 g/mol. The summed E-state index contributed by atoms with van der Waals surface area (Å²) >= 11 is 0. The van der Waals surface area contributed by atoms with E-state index in [1.54, 1.807) is 47.5 Å². The van der Waals surface area contributed by atoms with Gasteiger partial charge in [-0.1, -0.05) is 29.8 Å². The minimum atomic E-state index is -0.234. The summed E-state index contributed by atoms with van der Waals surface area (Å²) < 4.78 is 0. The normalized spacial score (nSPS) is 10.6. The van der Waals surface area contributed by atoms with Crippen LogP contribution in [0.4, 0.5) is 5.69 Å². The van der Waals surface area contributed by atoms with Gasteiger partial charge in [-0.25, -0.2) is 0 Å². The van der Waals surface area contributed by atoms with E-state index in [9.17, 15) is 9.59 Å². The number of nitrogens with one attached hydrogen (secondary N) is 1. The van der Waals surface area contributed by atoms with Gasteiger partial charge in [-0.2, -0.15) is 0 Å². The Morgan fingerprint density at radius 2 is 1.65 bits per heavy atom. The van der Waals surface area contributed by atoms with E-state index >= 15 is 0 Å². The van der Waals surface area contributed by atoms with Crippen LogP contribution < -0.4 is 5.32 Å². The monoisotopic (exact) mass is 308 g/mol. The molecule has 0 fully saturated rings. The molecule has 4 heteroatoms. The SMILES string of the molecule is Cc1ccc(C(=O)Nc2ccccc2C(=O)/C=C/N(C)C)cc1. The van der Waals surface area contributed by atoms with E-state index in [2.05, 4.69) is 5.32 Å².